The molecule has 0 spiro atoms. The fourth-order valence-corrected chi connectivity index (χ4v) is 0.911. The second kappa shape index (κ2) is 5.32. The van der Waals surface area contributed by atoms with E-state index in [1.807, 2.05) is 0 Å². The Morgan fingerprint density at radius 2 is 2.38 bits per heavy atom. The highest BCUT2D eigenvalue weighted by Gasteiger charge is 2.06. The molecule has 1 aromatic rings. The maximum Gasteiger partial charge on any atom is 0.341 e. The smallest absolute Gasteiger partial charge is 0.341 e. The Bertz CT molecular complexity index is 312. The summed E-state index contributed by atoms with van der Waals surface area (Å²) < 4.78 is 1.76. The van der Waals surface area contributed by atoms with Crippen LogP contribution in [0.15, 0.2) is 37.2 Å². The number of hydrogen-bond donors (Lipinski definition) is 1. The second-order valence-electron chi connectivity index (χ2n) is 2.38. The van der Waals surface area contributed by atoms with Crippen LogP contribution in [0.5, 0.6) is 0 Å². The Labute approximate surface area is 82.7 Å². The van der Waals surface area contributed by atoms with Crippen molar-refractivity contribution < 1.29 is 26.9 Å². The van der Waals surface area contributed by atoms with Crippen molar-refractivity contribution in [1.82, 2.24) is 0 Å². The zero-order valence-corrected chi connectivity index (χ0v) is 7.74. The van der Waals surface area contributed by atoms with Gasteiger partial charge in [0.1, 0.15) is 5.56 Å². The fourth-order valence-electron chi connectivity index (χ4n) is 0.911. The van der Waals surface area contributed by atoms with Crippen molar-refractivity contribution in [2.45, 2.75) is 6.54 Å². The fraction of sp³-hybridized carbons (Fsp3) is 0.111. The van der Waals surface area contributed by atoms with E-state index in [2.05, 4.69) is 6.58 Å². The van der Waals surface area contributed by atoms with Crippen LogP contribution in [-0.2, 0) is 6.54 Å². The first-order valence-electron chi connectivity index (χ1n) is 3.57. The number of aromatic carboxylic acids is 1. The number of carbonyl (C=O) groups is 1. The third-order valence-corrected chi connectivity index (χ3v) is 1.45. The van der Waals surface area contributed by atoms with E-state index >= 15 is 0 Å². The Balaban J connectivity index is 0.00000144. The molecular weight excluding hydrogens is 190 g/mol. The highest BCUT2D eigenvalue weighted by Crippen LogP contribution is 1.92. The maximum absolute atomic E-state index is 10.5. The van der Waals surface area contributed by atoms with Gasteiger partial charge < -0.3 is 17.5 Å². The number of carboxylic acids is 1. The lowest BCUT2D eigenvalue weighted by molar-refractivity contribution is -0.687. The molecule has 70 valence electrons. The molecule has 0 amide bonds. The second-order valence-corrected chi connectivity index (χ2v) is 2.38. The topological polar surface area (TPSA) is 41.2 Å². The van der Waals surface area contributed by atoms with Crippen molar-refractivity contribution in [2.24, 2.45) is 0 Å². The quantitative estimate of drug-likeness (QED) is 0.446. The normalized spacial score (nSPS) is 8.62. The molecule has 0 saturated heterocycles. The molecule has 4 heteroatoms. The molecule has 0 bridgehead atoms. The summed E-state index contributed by atoms with van der Waals surface area (Å²) in [4.78, 5) is 10.5. The average molecular weight is 200 g/mol. The monoisotopic (exact) mass is 199 g/mol. The molecule has 1 heterocycles. The highest BCUT2D eigenvalue weighted by molar-refractivity contribution is 5.86. The van der Waals surface area contributed by atoms with Gasteiger partial charge in [-0.25, -0.2) is 9.36 Å². The molecule has 13 heavy (non-hydrogen) atoms. The zero-order valence-electron chi connectivity index (χ0n) is 6.98. The standard InChI is InChI=1S/C9H9NO2.ClH/c1-2-5-10-6-3-4-8(7-10)9(11)12;/h2-4,6-7H,1,5H2;1H. The van der Waals surface area contributed by atoms with Crippen molar-refractivity contribution in [3.63, 3.8) is 0 Å². The number of carboxylic acid groups (broad SMARTS) is 1. The summed E-state index contributed by atoms with van der Waals surface area (Å²) in [6.45, 7) is 4.19. The van der Waals surface area contributed by atoms with Crippen LogP contribution in [0.3, 0.4) is 0 Å². The average Bonchev–Trinajstić information content (AvgIpc) is 2.05. The van der Waals surface area contributed by atoms with Gasteiger partial charge in [-0.15, -0.1) is 0 Å². The van der Waals surface area contributed by atoms with Crippen molar-refractivity contribution in [3.05, 3.63) is 42.7 Å². The minimum Gasteiger partial charge on any atom is -1.00 e. The first kappa shape index (κ1) is 11.6. The van der Waals surface area contributed by atoms with Gasteiger partial charge in [-0.2, -0.15) is 0 Å². The summed E-state index contributed by atoms with van der Waals surface area (Å²) in [7, 11) is 0. The van der Waals surface area contributed by atoms with Crippen LogP contribution in [0.2, 0.25) is 0 Å². The Kier molecular flexibility index (Phi) is 4.77. The molecule has 1 N–H and O–H groups in total. The van der Waals surface area contributed by atoms with Gasteiger partial charge in [-0.1, -0.05) is 6.58 Å². The summed E-state index contributed by atoms with van der Waals surface area (Å²) in [5, 5.41) is 8.64. The van der Waals surface area contributed by atoms with E-state index in [9.17, 15) is 4.79 Å². The van der Waals surface area contributed by atoms with E-state index < -0.39 is 5.97 Å². The Morgan fingerprint density at radius 3 is 2.92 bits per heavy atom. The third-order valence-electron chi connectivity index (χ3n) is 1.45. The molecule has 1 aromatic heterocycles. The minimum atomic E-state index is -0.909. The molecule has 0 aliphatic carbocycles. The zero-order chi connectivity index (χ0) is 8.97. The number of allylic oxidation sites excluding steroid dienone is 1. The van der Waals surface area contributed by atoms with E-state index in [0.29, 0.717) is 12.1 Å². The van der Waals surface area contributed by atoms with Crippen molar-refractivity contribution in [3.8, 4) is 0 Å². The van der Waals surface area contributed by atoms with E-state index in [-0.39, 0.29) is 12.4 Å². The largest absolute Gasteiger partial charge is 1.00 e. The van der Waals surface area contributed by atoms with Gasteiger partial charge in [0.05, 0.1) is 0 Å². The summed E-state index contributed by atoms with van der Waals surface area (Å²) in [6, 6.07) is 3.26. The highest BCUT2D eigenvalue weighted by atomic mass is 35.5. The summed E-state index contributed by atoms with van der Waals surface area (Å²) in [5.74, 6) is -0.909. The van der Waals surface area contributed by atoms with E-state index in [4.69, 9.17) is 5.11 Å². The van der Waals surface area contributed by atoms with Crippen LogP contribution in [0.4, 0.5) is 0 Å². The maximum atomic E-state index is 10.5. The minimum absolute atomic E-state index is 0. The lowest BCUT2D eigenvalue weighted by Gasteiger charge is -1.92. The van der Waals surface area contributed by atoms with Gasteiger partial charge in [0.2, 0.25) is 0 Å². The van der Waals surface area contributed by atoms with Crippen LogP contribution >= 0.6 is 0 Å². The first-order valence-corrected chi connectivity index (χ1v) is 3.57. The van der Waals surface area contributed by atoms with Crippen LogP contribution in [0.25, 0.3) is 0 Å². The van der Waals surface area contributed by atoms with Crippen molar-refractivity contribution in [1.29, 1.82) is 0 Å². The Hall–Kier alpha value is -1.35. The molecule has 1 rings (SSSR count). The lowest BCUT2D eigenvalue weighted by Crippen LogP contribution is -3.00. The first-order chi connectivity index (χ1) is 5.74. The molecule has 0 aliphatic rings. The van der Waals surface area contributed by atoms with E-state index in [1.54, 1.807) is 35.2 Å². The number of aromatic nitrogens is 1. The van der Waals surface area contributed by atoms with Gasteiger partial charge >= 0.3 is 5.97 Å². The Morgan fingerprint density at radius 1 is 1.69 bits per heavy atom. The third kappa shape index (κ3) is 3.25. The van der Waals surface area contributed by atoms with E-state index in [0.717, 1.165) is 0 Å². The molecule has 0 fully saturated rings. The van der Waals surface area contributed by atoms with Gasteiger partial charge in [0.15, 0.2) is 18.9 Å². The van der Waals surface area contributed by atoms with Gasteiger partial charge in [0.25, 0.3) is 0 Å². The molecule has 0 aromatic carbocycles. The van der Waals surface area contributed by atoms with E-state index in [1.165, 1.54) is 0 Å². The van der Waals surface area contributed by atoms with Crippen LogP contribution in [0, 0.1) is 0 Å². The lowest BCUT2D eigenvalue weighted by atomic mass is 10.3. The van der Waals surface area contributed by atoms with Crippen LogP contribution in [-0.4, -0.2) is 11.1 Å². The van der Waals surface area contributed by atoms with Gasteiger partial charge in [-0.3, -0.25) is 0 Å². The summed E-state index contributed by atoms with van der Waals surface area (Å²) >= 11 is 0. The molecule has 0 radical (unpaired) electrons. The SMILES string of the molecule is C=CC[n+]1cccc(C(=O)O)c1.[Cl-]. The van der Waals surface area contributed by atoms with Crippen LogP contribution in [0.1, 0.15) is 10.4 Å². The van der Waals surface area contributed by atoms with Gasteiger partial charge in [0, 0.05) is 6.07 Å². The molecular formula is C9H10ClNO2. The number of nitrogens with zero attached hydrogens (tertiary/aromatic N) is 1. The number of rotatable bonds is 3. The number of pyridine rings is 1. The number of hydrogen-bond acceptors (Lipinski definition) is 1. The van der Waals surface area contributed by atoms with Crippen molar-refractivity contribution in [2.75, 3.05) is 0 Å². The molecule has 0 atom stereocenters. The van der Waals surface area contributed by atoms with Gasteiger partial charge in [-0.05, 0) is 12.1 Å². The molecule has 0 aliphatic heterocycles. The van der Waals surface area contributed by atoms with Crippen molar-refractivity contribution >= 4 is 5.97 Å². The van der Waals surface area contributed by atoms with Crippen LogP contribution < -0.4 is 17.0 Å². The summed E-state index contributed by atoms with van der Waals surface area (Å²) in [5.41, 5.74) is 0.291. The predicted octanol–water partition coefficient (Wildman–Crippen LogP) is -2.14. The number of halogens is 1. The molecule has 3 nitrogen and oxygen atoms in total. The molecule has 0 saturated carbocycles. The summed E-state index contributed by atoms with van der Waals surface area (Å²) in [6.07, 6.45) is 5.09. The predicted molar refractivity (Wildman–Crippen MR) is 43.8 cm³/mol. The molecule has 0 unspecified atom stereocenters.